The lowest BCUT2D eigenvalue weighted by Crippen LogP contribution is -2.37. The molecule has 0 saturated carbocycles. The first-order chi connectivity index (χ1) is 10.2. The second kappa shape index (κ2) is 5.83. The highest BCUT2D eigenvalue weighted by molar-refractivity contribution is 5.57. The molecule has 0 radical (unpaired) electrons. The zero-order valence-electron chi connectivity index (χ0n) is 12.0. The van der Waals surface area contributed by atoms with Gasteiger partial charge in [-0.05, 0) is 31.2 Å². The van der Waals surface area contributed by atoms with Crippen molar-refractivity contribution in [3.63, 3.8) is 0 Å². The van der Waals surface area contributed by atoms with Crippen molar-refractivity contribution < 1.29 is 14.0 Å². The van der Waals surface area contributed by atoms with E-state index in [9.17, 15) is 0 Å². The molecule has 1 aromatic heterocycles. The van der Waals surface area contributed by atoms with E-state index in [2.05, 4.69) is 10.1 Å². The summed E-state index contributed by atoms with van der Waals surface area (Å²) in [7, 11) is 0. The van der Waals surface area contributed by atoms with E-state index in [1.54, 1.807) is 0 Å². The molecule has 0 spiro atoms. The summed E-state index contributed by atoms with van der Waals surface area (Å²) in [5, 5.41) is 4.13. The van der Waals surface area contributed by atoms with Gasteiger partial charge >= 0.3 is 0 Å². The van der Waals surface area contributed by atoms with E-state index in [-0.39, 0.29) is 0 Å². The predicted octanol–water partition coefficient (Wildman–Crippen LogP) is 2.36. The Hall–Kier alpha value is -1.92. The van der Waals surface area contributed by atoms with E-state index in [1.807, 2.05) is 31.2 Å². The van der Waals surface area contributed by atoms with Gasteiger partial charge in [0.15, 0.2) is 0 Å². The maximum absolute atomic E-state index is 5.94. The lowest BCUT2D eigenvalue weighted by atomic mass is 9.93. The van der Waals surface area contributed by atoms with Gasteiger partial charge < -0.3 is 19.7 Å². The molecule has 3 rings (SSSR count). The van der Waals surface area contributed by atoms with Crippen molar-refractivity contribution in [3.05, 3.63) is 30.1 Å². The molecule has 2 N–H and O–H groups in total. The minimum Gasteiger partial charge on any atom is -0.399 e. The minimum absolute atomic E-state index is 0.482. The minimum atomic E-state index is -0.497. The number of hydrogen-bond donors (Lipinski definition) is 1. The monoisotopic (exact) mass is 289 g/mol. The lowest BCUT2D eigenvalue weighted by molar-refractivity contribution is -0.118. The summed E-state index contributed by atoms with van der Waals surface area (Å²) in [5.41, 5.74) is 6.74. The number of hydrogen-bond acceptors (Lipinski definition) is 6. The van der Waals surface area contributed by atoms with Gasteiger partial charge in [-0.2, -0.15) is 4.98 Å². The largest absolute Gasteiger partial charge is 0.399 e. The Bertz CT molecular complexity index is 583. The molecule has 0 amide bonds. The van der Waals surface area contributed by atoms with Gasteiger partial charge in [-0.15, -0.1) is 0 Å². The molecule has 6 heteroatoms. The molecule has 1 aliphatic rings. The third-order valence-electron chi connectivity index (χ3n) is 3.71. The van der Waals surface area contributed by atoms with Crippen molar-refractivity contribution in [1.29, 1.82) is 0 Å². The number of nitrogen functional groups attached to an aromatic ring is 1. The van der Waals surface area contributed by atoms with E-state index in [0.29, 0.717) is 37.2 Å². The molecule has 1 fully saturated rings. The molecule has 1 aromatic carbocycles. The van der Waals surface area contributed by atoms with E-state index < -0.39 is 5.60 Å². The summed E-state index contributed by atoms with van der Waals surface area (Å²) in [6.07, 6.45) is 1.48. The fourth-order valence-electron chi connectivity index (χ4n) is 2.56. The molecule has 1 saturated heterocycles. The van der Waals surface area contributed by atoms with E-state index in [4.69, 9.17) is 19.7 Å². The number of anilines is 1. The van der Waals surface area contributed by atoms with Crippen LogP contribution in [0.5, 0.6) is 0 Å². The van der Waals surface area contributed by atoms with Gasteiger partial charge in [0.05, 0.1) is 0 Å². The number of rotatable bonds is 4. The average Bonchev–Trinajstić information content (AvgIpc) is 3.00. The quantitative estimate of drug-likeness (QED) is 0.870. The fourth-order valence-corrected chi connectivity index (χ4v) is 2.56. The molecule has 0 bridgehead atoms. The van der Waals surface area contributed by atoms with Crippen molar-refractivity contribution in [1.82, 2.24) is 10.1 Å². The van der Waals surface area contributed by atoms with Crippen LogP contribution in [0.25, 0.3) is 11.5 Å². The molecule has 112 valence electrons. The first kappa shape index (κ1) is 14.0. The Kier molecular flexibility index (Phi) is 3.90. The molecule has 0 aliphatic carbocycles. The Labute approximate surface area is 123 Å². The van der Waals surface area contributed by atoms with Gasteiger partial charge in [0.25, 0.3) is 5.89 Å². The van der Waals surface area contributed by atoms with Crippen molar-refractivity contribution in [2.45, 2.75) is 25.4 Å². The Balaban J connectivity index is 1.90. The summed E-state index contributed by atoms with van der Waals surface area (Å²) in [5.74, 6) is 1.08. The third kappa shape index (κ3) is 2.77. The second-order valence-corrected chi connectivity index (χ2v) is 5.08. The van der Waals surface area contributed by atoms with Crippen LogP contribution in [0.15, 0.2) is 28.8 Å². The number of ether oxygens (including phenoxy) is 2. The van der Waals surface area contributed by atoms with Gasteiger partial charge in [0.1, 0.15) is 5.60 Å². The first-order valence-electron chi connectivity index (χ1n) is 7.15. The maximum atomic E-state index is 5.94. The Morgan fingerprint density at radius 3 is 2.62 bits per heavy atom. The Morgan fingerprint density at radius 1 is 1.24 bits per heavy atom. The van der Waals surface area contributed by atoms with Crippen LogP contribution in [-0.4, -0.2) is 30.0 Å². The molecule has 0 atom stereocenters. The van der Waals surface area contributed by atoms with Crippen LogP contribution in [0.4, 0.5) is 5.69 Å². The van der Waals surface area contributed by atoms with Gasteiger partial charge in [-0.1, -0.05) is 5.16 Å². The summed E-state index contributed by atoms with van der Waals surface area (Å²) in [4.78, 5) is 4.53. The summed E-state index contributed by atoms with van der Waals surface area (Å²) in [6, 6.07) is 7.35. The number of benzene rings is 1. The summed E-state index contributed by atoms with van der Waals surface area (Å²) in [6.45, 7) is 3.86. The molecule has 6 nitrogen and oxygen atoms in total. The molecular weight excluding hydrogens is 270 g/mol. The zero-order chi connectivity index (χ0) is 14.7. The normalized spacial score (nSPS) is 17.8. The third-order valence-corrected chi connectivity index (χ3v) is 3.71. The van der Waals surface area contributed by atoms with E-state index in [1.165, 1.54) is 0 Å². The molecular formula is C15H19N3O3. The van der Waals surface area contributed by atoms with E-state index in [0.717, 1.165) is 18.4 Å². The standard InChI is InChI=1S/C15H19N3O3/c1-2-20-15(7-9-19-10-8-15)14-17-13(21-18-14)11-3-5-12(16)6-4-11/h3-6H,2,7-10,16H2,1H3. The highest BCUT2D eigenvalue weighted by atomic mass is 16.5. The van der Waals surface area contributed by atoms with Crippen molar-refractivity contribution in [2.75, 3.05) is 25.6 Å². The summed E-state index contributed by atoms with van der Waals surface area (Å²) < 4.78 is 16.7. The van der Waals surface area contributed by atoms with Gasteiger partial charge in [0, 0.05) is 43.9 Å². The van der Waals surface area contributed by atoms with Crippen LogP contribution >= 0.6 is 0 Å². The van der Waals surface area contributed by atoms with E-state index >= 15 is 0 Å². The summed E-state index contributed by atoms with van der Waals surface area (Å²) >= 11 is 0. The predicted molar refractivity (Wildman–Crippen MR) is 77.5 cm³/mol. The zero-order valence-corrected chi connectivity index (χ0v) is 12.0. The number of aromatic nitrogens is 2. The highest BCUT2D eigenvalue weighted by Crippen LogP contribution is 2.35. The number of nitrogens with zero attached hydrogens (tertiary/aromatic N) is 2. The van der Waals surface area contributed by atoms with Gasteiger partial charge in [-0.3, -0.25) is 0 Å². The molecule has 2 heterocycles. The molecule has 0 unspecified atom stereocenters. The van der Waals surface area contributed by atoms with Gasteiger partial charge in [-0.25, -0.2) is 0 Å². The molecule has 1 aliphatic heterocycles. The van der Waals surface area contributed by atoms with Crippen molar-refractivity contribution in [3.8, 4) is 11.5 Å². The SMILES string of the molecule is CCOC1(c2noc(-c3ccc(N)cc3)n2)CCOCC1. The first-order valence-corrected chi connectivity index (χ1v) is 7.15. The average molecular weight is 289 g/mol. The molecule has 2 aromatic rings. The Morgan fingerprint density at radius 2 is 1.95 bits per heavy atom. The van der Waals surface area contributed by atoms with Crippen LogP contribution in [0.2, 0.25) is 0 Å². The number of nitrogens with two attached hydrogens (primary N) is 1. The fraction of sp³-hybridized carbons (Fsp3) is 0.467. The van der Waals surface area contributed by atoms with Crippen LogP contribution in [0.1, 0.15) is 25.6 Å². The van der Waals surface area contributed by atoms with Crippen LogP contribution < -0.4 is 5.73 Å². The van der Waals surface area contributed by atoms with Crippen LogP contribution in [0, 0.1) is 0 Å². The maximum Gasteiger partial charge on any atom is 0.258 e. The smallest absolute Gasteiger partial charge is 0.258 e. The molecule has 21 heavy (non-hydrogen) atoms. The topological polar surface area (TPSA) is 83.4 Å². The lowest BCUT2D eigenvalue weighted by Gasteiger charge is -2.33. The van der Waals surface area contributed by atoms with Gasteiger partial charge in [0.2, 0.25) is 5.82 Å². The van der Waals surface area contributed by atoms with Crippen LogP contribution in [-0.2, 0) is 15.1 Å². The van der Waals surface area contributed by atoms with Crippen LogP contribution in [0.3, 0.4) is 0 Å². The highest BCUT2D eigenvalue weighted by Gasteiger charge is 2.39. The van der Waals surface area contributed by atoms with Crippen molar-refractivity contribution in [2.24, 2.45) is 0 Å². The van der Waals surface area contributed by atoms with Crippen molar-refractivity contribution >= 4 is 5.69 Å². The second-order valence-electron chi connectivity index (χ2n) is 5.08.